The van der Waals surface area contributed by atoms with Crippen molar-refractivity contribution < 1.29 is 13.9 Å². The van der Waals surface area contributed by atoms with Crippen LogP contribution in [0.15, 0.2) is 42.6 Å². The van der Waals surface area contributed by atoms with Crippen LogP contribution >= 0.6 is 0 Å². The predicted molar refractivity (Wildman–Crippen MR) is 73.8 cm³/mol. The van der Waals surface area contributed by atoms with Crippen LogP contribution < -0.4 is 5.32 Å². The Morgan fingerprint density at radius 3 is 2.81 bits per heavy atom. The topological polar surface area (TPSA) is 51.2 Å². The molecule has 104 valence electrons. The molecule has 1 fully saturated rings. The number of pyridine rings is 1. The van der Waals surface area contributed by atoms with E-state index in [0.29, 0.717) is 12.2 Å². The molecule has 1 saturated heterocycles. The number of nitrogens with one attached hydrogen (secondary N) is 1. The highest BCUT2D eigenvalue weighted by Crippen LogP contribution is 2.18. The van der Waals surface area contributed by atoms with Crippen LogP contribution in [0.5, 0.6) is 0 Å². The van der Waals surface area contributed by atoms with E-state index >= 15 is 0 Å². The number of carbonyl (C=O) groups excluding carboxylic acids is 1. The van der Waals surface area contributed by atoms with Crippen molar-refractivity contribution in [1.29, 1.82) is 0 Å². The van der Waals surface area contributed by atoms with Crippen molar-refractivity contribution >= 4 is 6.09 Å². The van der Waals surface area contributed by atoms with E-state index in [1.54, 1.807) is 6.07 Å². The molecule has 2 heterocycles. The number of carbonyl (C=O) groups is 1. The maximum Gasteiger partial charge on any atom is 0.407 e. The van der Waals surface area contributed by atoms with Crippen LogP contribution in [0.4, 0.5) is 9.18 Å². The lowest BCUT2D eigenvalue weighted by atomic mass is 10.0. The standard InChI is InChI=1S/C16H11FN2O2/c17-15-7-6-12(9-18-15)5-4-11-2-1-3-13(8-11)14-10-21-16(20)19-14/h1-3,6-9,14H,10H2,(H,19,20)/t14-/m0/s1. The van der Waals surface area contributed by atoms with Gasteiger partial charge < -0.3 is 10.1 Å². The molecule has 0 radical (unpaired) electrons. The van der Waals surface area contributed by atoms with Crippen LogP contribution in [0.3, 0.4) is 0 Å². The number of ether oxygens (including phenoxy) is 1. The quantitative estimate of drug-likeness (QED) is 0.645. The average molecular weight is 282 g/mol. The van der Waals surface area contributed by atoms with Crippen molar-refractivity contribution in [2.75, 3.05) is 6.61 Å². The van der Waals surface area contributed by atoms with Crippen LogP contribution in [0.1, 0.15) is 22.7 Å². The van der Waals surface area contributed by atoms with E-state index in [2.05, 4.69) is 22.1 Å². The van der Waals surface area contributed by atoms with Crippen molar-refractivity contribution in [2.24, 2.45) is 0 Å². The van der Waals surface area contributed by atoms with Crippen LogP contribution in [0.25, 0.3) is 0 Å². The van der Waals surface area contributed by atoms with Gasteiger partial charge in [-0.2, -0.15) is 4.39 Å². The van der Waals surface area contributed by atoms with Gasteiger partial charge in [-0.1, -0.05) is 24.0 Å². The van der Waals surface area contributed by atoms with Gasteiger partial charge in [0.1, 0.15) is 6.61 Å². The lowest BCUT2D eigenvalue weighted by Crippen LogP contribution is -2.18. The summed E-state index contributed by atoms with van der Waals surface area (Å²) >= 11 is 0. The van der Waals surface area contributed by atoms with Gasteiger partial charge in [-0.3, -0.25) is 0 Å². The molecule has 1 amide bonds. The molecule has 3 rings (SSSR count). The number of cyclic esters (lactones) is 1. The Hall–Kier alpha value is -2.87. The van der Waals surface area contributed by atoms with Crippen LogP contribution in [0, 0.1) is 17.8 Å². The molecule has 4 nitrogen and oxygen atoms in total. The van der Waals surface area contributed by atoms with Gasteiger partial charge in [0.25, 0.3) is 0 Å². The summed E-state index contributed by atoms with van der Waals surface area (Å²) in [5.41, 5.74) is 2.38. The van der Waals surface area contributed by atoms with Gasteiger partial charge in [0.15, 0.2) is 0 Å². The monoisotopic (exact) mass is 282 g/mol. The fourth-order valence-electron chi connectivity index (χ4n) is 1.99. The predicted octanol–water partition coefficient (Wildman–Crippen LogP) is 2.40. The normalized spacial score (nSPS) is 16.6. The Kier molecular flexibility index (Phi) is 3.52. The second kappa shape index (κ2) is 5.63. The van der Waals surface area contributed by atoms with Crippen LogP contribution in [0.2, 0.25) is 0 Å². The molecular weight excluding hydrogens is 271 g/mol. The molecule has 1 atom stereocenters. The fourth-order valence-corrected chi connectivity index (χ4v) is 1.99. The first kappa shape index (κ1) is 13.1. The van der Waals surface area contributed by atoms with E-state index in [0.717, 1.165) is 11.1 Å². The zero-order chi connectivity index (χ0) is 14.7. The zero-order valence-electron chi connectivity index (χ0n) is 11.0. The third kappa shape index (κ3) is 3.18. The van der Waals surface area contributed by atoms with Crippen LogP contribution in [-0.2, 0) is 4.74 Å². The first-order chi connectivity index (χ1) is 10.2. The summed E-state index contributed by atoms with van der Waals surface area (Å²) in [5.74, 6) is 5.38. The number of halogens is 1. The minimum absolute atomic E-state index is 0.147. The molecule has 0 spiro atoms. The van der Waals surface area contributed by atoms with Gasteiger partial charge in [0, 0.05) is 17.3 Å². The summed E-state index contributed by atoms with van der Waals surface area (Å²) < 4.78 is 17.6. The first-order valence-electron chi connectivity index (χ1n) is 6.37. The number of amides is 1. The Morgan fingerprint density at radius 1 is 1.24 bits per heavy atom. The number of hydrogen-bond donors (Lipinski definition) is 1. The average Bonchev–Trinajstić information content (AvgIpc) is 2.94. The summed E-state index contributed by atoms with van der Waals surface area (Å²) in [4.78, 5) is 14.6. The molecule has 1 aromatic heterocycles. The third-order valence-corrected chi connectivity index (χ3v) is 3.04. The number of aromatic nitrogens is 1. The summed E-state index contributed by atoms with van der Waals surface area (Å²) in [6.07, 6.45) is 0.978. The highest BCUT2D eigenvalue weighted by molar-refractivity contribution is 5.70. The van der Waals surface area contributed by atoms with E-state index in [-0.39, 0.29) is 6.04 Å². The molecule has 0 bridgehead atoms. The third-order valence-electron chi connectivity index (χ3n) is 3.04. The SMILES string of the molecule is O=C1N[C@H](c2cccc(C#Cc3ccc(F)nc3)c2)CO1. The summed E-state index contributed by atoms with van der Waals surface area (Å²) in [7, 11) is 0. The molecule has 1 aliphatic heterocycles. The Labute approximate surface area is 121 Å². The van der Waals surface area contributed by atoms with Gasteiger partial charge in [0.2, 0.25) is 5.95 Å². The zero-order valence-corrected chi connectivity index (χ0v) is 11.0. The molecular formula is C16H11FN2O2. The Bertz CT molecular complexity index is 732. The van der Waals surface area contributed by atoms with E-state index in [4.69, 9.17) is 4.74 Å². The maximum atomic E-state index is 12.7. The molecule has 0 unspecified atom stereocenters. The molecule has 1 aliphatic rings. The highest BCUT2D eigenvalue weighted by Gasteiger charge is 2.23. The minimum atomic E-state index is -0.528. The number of rotatable bonds is 1. The van der Waals surface area contributed by atoms with E-state index < -0.39 is 12.0 Å². The Morgan fingerprint density at radius 2 is 2.10 bits per heavy atom. The molecule has 0 saturated carbocycles. The summed E-state index contributed by atoms with van der Waals surface area (Å²) in [6.45, 7) is 0.317. The van der Waals surface area contributed by atoms with E-state index in [1.165, 1.54) is 12.3 Å². The molecule has 5 heteroatoms. The second-order valence-electron chi connectivity index (χ2n) is 4.54. The maximum absolute atomic E-state index is 12.7. The molecule has 2 aromatic rings. The lowest BCUT2D eigenvalue weighted by Gasteiger charge is -2.07. The highest BCUT2D eigenvalue weighted by atomic mass is 19.1. The fraction of sp³-hybridized carbons (Fsp3) is 0.125. The first-order valence-corrected chi connectivity index (χ1v) is 6.37. The van der Waals surface area contributed by atoms with E-state index in [1.807, 2.05) is 24.3 Å². The van der Waals surface area contributed by atoms with Crippen molar-refractivity contribution in [3.8, 4) is 11.8 Å². The van der Waals surface area contributed by atoms with Gasteiger partial charge >= 0.3 is 6.09 Å². The number of nitrogens with zero attached hydrogens (tertiary/aromatic N) is 1. The minimum Gasteiger partial charge on any atom is -0.447 e. The molecule has 1 N–H and O–H groups in total. The van der Waals surface area contributed by atoms with E-state index in [9.17, 15) is 9.18 Å². The van der Waals surface area contributed by atoms with Gasteiger partial charge in [-0.05, 0) is 29.8 Å². The second-order valence-corrected chi connectivity index (χ2v) is 4.54. The molecule has 0 aliphatic carbocycles. The largest absolute Gasteiger partial charge is 0.447 e. The van der Waals surface area contributed by atoms with Crippen LogP contribution in [-0.4, -0.2) is 17.7 Å². The molecule has 1 aromatic carbocycles. The summed E-state index contributed by atoms with van der Waals surface area (Å²) in [6, 6.07) is 10.2. The lowest BCUT2D eigenvalue weighted by molar-refractivity contribution is 0.177. The number of benzene rings is 1. The van der Waals surface area contributed by atoms with Gasteiger partial charge in [-0.15, -0.1) is 0 Å². The van der Waals surface area contributed by atoms with Crippen molar-refractivity contribution in [2.45, 2.75) is 6.04 Å². The van der Waals surface area contributed by atoms with Gasteiger partial charge in [0.05, 0.1) is 6.04 Å². The molecule has 21 heavy (non-hydrogen) atoms. The van der Waals surface area contributed by atoms with Crippen molar-refractivity contribution in [3.05, 3.63) is 65.2 Å². The Balaban J connectivity index is 1.80. The smallest absolute Gasteiger partial charge is 0.407 e. The number of alkyl carbamates (subject to hydrolysis) is 1. The summed E-state index contributed by atoms with van der Waals surface area (Å²) in [5, 5.41) is 2.72. The van der Waals surface area contributed by atoms with Gasteiger partial charge in [-0.25, -0.2) is 9.78 Å². The number of hydrogen-bond acceptors (Lipinski definition) is 3. The van der Waals surface area contributed by atoms with Crippen molar-refractivity contribution in [3.63, 3.8) is 0 Å². The van der Waals surface area contributed by atoms with Crippen molar-refractivity contribution in [1.82, 2.24) is 10.3 Å².